The number of carbonyl (C=O) groups is 2. The third-order valence-electron chi connectivity index (χ3n) is 4.02. The van der Waals surface area contributed by atoms with Crippen molar-refractivity contribution in [2.45, 2.75) is 47.1 Å². The number of aromatic nitrogens is 1. The Bertz CT molecular complexity index is 975. The zero-order valence-electron chi connectivity index (χ0n) is 18.8. The van der Waals surface area contributed by atoms with Gasteiger partial charge in [0.1, 0.15) is 23.8 Å². The summed E-state index contributed by atoms with van der Waals surface area (Å²) in [4.78, 5) is 28.3. The molecule has 0 unspecified atom stereocenters. The molecule has 0 radical (unpaired) electrons. The van der Waals surface area contributed by atoms with Gasteiger partial charge in [-0.2, -0.15) is 0 Å². The van der Waals surface area contributed by atoms with Crippen LogP contribution in [-0.2, 0) is 9.53 Å². The Morgan fingerprint density at radius 2 is 1.81 bits per heavy atom. The molecule has 0 bridgehead atoms. The van der Waals surface area contributed by atoms with Crippen LogP contribution in [0, 0.1) is 5.41 Å². The quantitative estimate of drug-likeness (QED) is 0.674. The molecule has 2 amide bonds. The summed E-state index contributed by atoms with van der Waals surface area (Å²) in [6.07, 6.45) is -0.220. The first kappa shape index (κ1) is 24.1. The first-order valence-electron chi connectivity index (χ1n) is 9.97. The molecule has 1 aromatic carbocycles. The largest absolute Gasteiger partial charge is 0.489 e. The highest BCUT2D eigenvalue weighted by atomic mass is 19.1. The van der Waals surface area contributed by atoms with Gasteiger partial charge in [-0.1, -0.05) is 20.8 Å². The number of nitrogens with one attached hydrogen (secondary N) is 2. The summed E-state index contributed by atoms with van der Waals surface area (Å²) in [5, 5.41) is 6.10. The highest BCUT2D eigenvalue weighted by Crippen LogP contribution is 2.23. The fourth-order valence-corrected chi connectivity index (χ4v) is 2.36. The standard InChI is InChI=1S/C23H30FN3O4/c1-22(2,3)20(28)27-19-10-7-16-11-17(8-9-18(16)26-19)30-14-15(12-24)13-25-21(29)31-23(4,5)6/h7-12H,13-14H2,1-6H3,(H,25,29)(H,26,27,28)/b15-12+. The van der Waals surface area contributed by atoms with Gasteiger partial charge in [-0.3, -0.25) is 4.79 Å². The molecule has 0 aliphatic heterocycles. The first-order valence-corrected chi connectivity index (χ1v) is 9.97. The van der Waals surface area contributed by atoms with Gasteiger partial charge in [-0.25, -0.2) is 14.2 Å². The van der Waals surface area contributed by atoms with E-state index in [9.17, 15) is 14.0 Å². The van der Waals surface area contributed by atoms with Crippen LogP contribution in [0.15, 0.2) is 42.2 Å². The Morgan fingerprint density at radius 3 is 2.42 bits per heavy atom. The molecule has 2 rings (SSSR count). The monoisotopic (exact) mass is 431 g/mol. The molecular weight excluding hydrogens is 401 g/mol. The van der Waals surface area contributed by atoms with E-state index < -0.39 is 17.1 Å². The molecule has 1 aromatic heterocycles. The number of hydrogen-bond donors (Lipinski definition) is 2. The molecular formula is C23H30FN3O4. The van der Waals surface area contributed by atoms with E-state index in [0.29, 0.717) is 23.4 Å². The minimum Gasteiger partial charge on any atom is -0.489 e. The molecule has 0 atom stereocenters. The summed E-state index contributed by atoms with van der Waals surface area (Å²) in [6, 6.07) is 8.78. The van der Waals surface area contributed by atoms with E-state index >= 15 is 0 Å². The maximum absolute atomic E-state index is 13.2. The van der Waals surface area contributed by atoms with Gasteiger partial charge in [-0.15, -0.1) is 0 Å². The number of halogens is 1. The highest BCUT2D eigenvalue weighted by molar-refractivity contribution is 5.94. The lowest BCUT2D eigenvalue weighted by atomic mass is 9.96. The fraction of sp³-hybridized carbons (Fsp3) is 0.435. The molecule has 2 N–H and O–H groups in total. The maximum atomic E-state index is 13.2. The van der Waals surface area contributed by atoms with Crippen molar-refractivity contribution in [3.63, 3.8) is 0 Å². The van der Waals surface area contributed by atoms with Crippen molar-refractivity contribution in [3.05, 3.63) is 42.2 Å². The Labute approximate surface area is 182 Å². The van der Waals surface area contributed by atoms with E-state index in [-0.39, 0.29) is 24.6 Å². The van der Waals surface area contributed by atoms with E-state index in [1.54, 1.807) is 45.0 Å². The summed E-state index contributed by atoms with van der Waals surface area (Å²) in [7, 11) is 0. The Kier molecular flexibility index (Phi) is 7.60. The van der Waals surface area contributed by atoms with Gasteiger partial charge < -0.3 is 20.1 Å². The van der Waals surface area contributed by atoms with Crippen LogP contribution >= 0.6 is 0 Å². The fourth-order valence-electron chi connectivity index (χ4n) is 2.36. The SMILES string of the molecule is CC(C)(C)OC(=O)NC/C(=C\F)COc1ccc2nc(NC(=O)C(C)(C)C)ccc2c1. The lowest BCUT2D eigenvalue weighted by Gasteiger charge is -2.20. The minimum atomic E-state index is -0.630. The third-order valence-corrected chi connectivity index (χ3v) is 4.02. The second-order valence-electron chi connectivity index (χ2n) is 9.17. The van der Waals surface area contributed by atoms with Gasteiger partial charge in [0.05, 0.1) is 11.8 Å². The number of benzene rings is 1. The summed E-state index contributed by atoms with van der Waals surface area (Å²) in [5.74, 6) is 0.874. The molecule has 0 saturated heterocycles. The Morgan fingerprint density at radius 1 is 1.10 bits per heavy atom. The van der Waals surface area contributed by atoms with Gasteiger partial charge in [0, 0.05) is 22.9 Å². The van der Waals surface area contributed by atoms with Crippen LogP contribution in [-0.4, -0.2) is 35.7 Å². The van der Waals surface area contributed by atoms with E-state index in [1.807, 2.05) is 26.8 Å². The van der Waals surface area contributed by atoms with E-state index in [0.717, 1.165) is 5.39 Å². The number of ether oxygens (including phenoxy) is 2. The molecule has 7 nitrogen and oxygen atoms in total. The maximum Gasteiger partial charge on any atom is 0.407 e. The van der Waals surface area contributed by atoms with Crippen molar-refractivity contribution in [1.29, 1.82) is 0 Å². The Balaban J connectivity index is 1.97. The van der Waals surface area contributed by atoms with Crippen LogP contribution < -0.4 is 15.4 Å². The predicted molar refractivity (Wildman–Crippen MR) is 119 cm³/mol. The normalized spacial score (nSPS) is 12.4. The smallest absolute Gasteiger partial charge is 0.407 e. The molecule has 0 spiro atoms. The van der Waals surface area contributed by atoms with Gasteiger partial charge in [0.25, 0.3) is 0 Å². The van der Waals surface area contributed by atoms with Crippen LogP contribution in [0.4, 0.5) is 15.0 Å². The summed E-state index contributed by atoms with van der Waals surface area (Å²) < 4.78 is 23.9. The van der Waals surface area contributed by atoms with Crippen molar-refractivity contribution < 1.29 is 23.5 Å². The van der Waals surface area contributed by atoms with Crippen LogP contribution in [0.5, 0.6) is 5.75 Å². The Hall–Kier alpha value is -3.16. The second kappa shape index (κ2) is 9.76. The zero-order valence-corrected chi connectivity index (χ0v) is 18.8. The molecule has 0 saturated carbocycles. The minimum absolute atomic E-state index is 0.0304. The van der Waals surface area contributed by atoms with Gasteiger partial charge >= 0.3 is 6.09 Å². The molecule has 0 aliphatic rings. The number of carbonyl (C=O) groups excluding carboxylic acids is 2. The average Bonchev–Trinajstić information content (AvgIpc) is 2.66. The number of rotatable bonds is 6. The van der Waals surface area contributed by atoms with E-state index in [1.165, 1.54) is 0 Å². The van der Waals surface area contributed by atoms with E-state index in [2.05, 4.69) is 15.6 Å². The molecule has 168 valence electrons. The highest BCUT2D eigenvalue weighted by Gasteiger charge is 2.21. The number of anilines is 1. The lowest BCUT2D eigenvalue weighted by Crippen LogP contribution is -2.34. The third kappa shape index (κ3) is 7.88. The number of pyridine rings is 1. The molecule has 1 heterocycles. The number of fused-ring (bicyclic) bond motifs is 1. The summed E-state index contributed by atoms with van der Waals surface area (Å²) in [6.45, 7) is 10.7. The summed E-state index contributed by atoms with van der Waals surface area (Å²) >= 11 is 0. The van der Waals surface area contributed by atoms with Crippen molar-refractivity contribution in [2.75, 3.05) is 18.5 Å². The number of alkyl carbamates (subject to hydrolysis) is 1. The van der Waals surface area contributed by atoms with Crippen molar-refractivity contribution in [3.8, 4) is 5.75 Å². The van der Waals surface area contributed by atoms with Crippen LogP contribution in [0.25, 0.3) is 10.9 Å². The molecule has 0 fully saturated rings. The van der Waals surface area contributed by atoms with E-state index in [4.69, 9.17) is 9.47 Å². The molecule has 31 heavy (non-hydrogen) atoms. The molecule has 8 heteroatoms. The van der Waals surface area contributed by atoms with Crippen LogP contribution in [0.3, 0.4) is 0 Å². The van der Waals surface area contributed by atoms with Crippen molar-refractivity contribution in [2.24, 2.45) is 5.41 Å². The molecule has 2 aromatic rings. The van der Waals surface area contributed by atoms with Crippen LogP contribution in [0.2, 0.25) is 0 Å². The average molecular weight is 432 g/mol. The first-order chi connectivity index (χ1) is 14.4. The number of hydrogen-bond acceptors (Lipinski definition) is 5. The number of amides is 2. The van der Waals surface area contributed by atoms with Crippen molar-refractivity contribution >= 4 is 28.7 Å². The van der Waals surface area contributed by atoms with Gasteiger partial charge in [-0.05, 0) is 51.1 Å². The van der Waals surface area contributed by atoms with Gasteiger partial charge in [0.15, 0.2) is 0 Å². The molecule has 0 aliphatic carbocycles. The topological polar surface area (TPSA) is 89.6 Å². The number of nitrogens with zero attached hydrogens (tertiary/aromatic N) is 1. The van der Waals surface area contributed by atoms with Crippen molar-refractivity contribution in [1.82, 2.24) is 10.3 Å². The van der Waals surface area contributed by atoms with Crippen LogP contribution in [0.1, 0.15) is 41.5 Å². The van der Waals surface area contributed by atoms with Gasteiger partial charge in [0.2, 0.25) is 5.91 Å². The predicted octanol–water partition coefficient (Wildman–Crippen LogP) is 4.98. The summed E-state index contributed by atoms with van der Waals surface area (Å²) in [5.41, 5.74) is -0.209. The zero-order chi connectivity index (χ0) is 23.2. The lowest BCUT2D eigenvalue weighted by molar-refractivity contribution is -0.123. The second-order valence-corrected chi connectivity index (χ2v) is 9.17.